The molecule has 0 heterocycles. The standard InChI is InChI=1S/C12H15F3N2O/c1-7(3-2-6-16)17-12(18)8-4-5-9(13)11(15)10(8)14/h4-5,7H,2-3,6,16H2,1H3,(H,17,18). The van der Waals surface area contributed by atoms with E-state index in [1.54, 1.807) is 6.92 Å². The number of benzene rings is 1. The molecule has 100 valence electrons. The van der Waals surface area contributed by atoms with Crippen molar-refractivity contribution in [2.75, 3.05) is 6.54 Å². The molecule has 1 aromatic rings. The van der Waals surface area contributed by atoms with Gasteiger partial charge in [-0.3, -0.25) is 4.79 Å². The summed E-state index contributed by atoms with van der Waals surface area (Å²) in [5.74, 6) is -5.20. The topological polar surface area (TPSA) is 55.1 Å². The average Bonchev–Trinajstić information content (AvgIpc) is 2.33. The highest BCUT2D eigenvalue weighted by atomic mass is 19.2. The molecule has 0 bridgehead atoms. The molecule has 0 aliphatic rings. The molecule has 1 unspecified atom stereocenters. The molecule has 18 heavy (non-hydrogen) atoms. The van der Waals surface area contributed by atoms with Crippen LogP contribution in [-0.4, -0.2) is 18.5 Å². The zero-order chi connectivity index (χ0) is 13.7. The van der Waals surface area contributed by atoms with Crippen molar-refractivity contribution in [1.82, 2.24) is 5.32 Å². The Bertz CT molecular complexity index is 438. The highest BCUT2D eigenvalue weighted by Crippen LogP contribution is 2.15. The molecule has 1 rings (SSSR count). The Morgan fingerprint density at radius 2 is 2.00 bits per heavy atom. The summed E-state index contributed by atoms with van der Waals surface area (Å²) < 4.78 is 39.0. The van der Waals surface area contributed by atoms with Gasteiger partial charge in [0.25, 0.3) is 5.91 Å². The maximum absolute atomic E-state index is 13.3. The lowest BCUT2D eigenvalue weighted by molar-refractivity contribution is 0.0932. The molecule has 0 saturated carbocycles. The van der Waals surface area contributed by atoms with Gasteiger partial charge in [0.05, 0.1) is 5.56 Å². The van der Waals surface area contributed by atoms with Crippen LogP contribution in [0.15, 0.2) is 12.1 Å². The highest BCUT2D eigenvalue weighted by Gasteiger charge is 2.19. The number of amides is 1. The van der Waals surface area contributed by atoms with Crippen molar-refractivity contribution in [2.45, 2.75) is 25.8 Å². The second-order valence-corrected chi connectivity index (χ2v) is 4.03. The number of hydrogen-bond acceptors (Lipinski definition) is 2. The van der Waals surface area contributed by atoms with Crippen molar-refractivity contribution in [3.63, 3.8) is 0 Å². The summed E-state index contributed by atoms with van der Waals surface area (Å²) in [7, 11) is 0. The van der Waals surface area contributed by atoms with Gasteiger partial charge in [0.15, 0.2) is 17.5 Å². The fourth-order valence-electron chi connectivity index (χ4n) is 1.50. The number of nitrogens with one attached hydrogen (secondary N) is 1. The van der Waals surface area contributed by atoms with E-state index in [1.165, 1.54) is 0 Å². The lowest BCUT2D eigenvalue weighted by Crippen LogP contribution is -2.33. The van der Waals surface area contributed by atoms with Gasteiger partial charge in [0, 0.05) is 6.04 Å². The number of rotatable bonds is 5. The van der Waals surface area contributed by atoms with Crippen molar-refractivity contribution in [1.29, 1.82) is 0 Å². The molecular formula is C12H15F3N2O. The van der Waals surface area contributed by atoms with Gasteiger partial charge < -0.3 is 11.1 Å². The second-order valence-electron chi connectivity index (χ2n) is 4.03. The highest BCUT2D eigenvalue weighted by molar-refractivity contribution is 5.94. The molecule has 0 aliphatic heterocycles. The zero-order valence-electron chi connectivity index (χ0n) is 9.97. The van der Waals surface area contributed by atoms with Crippen LogP contribution in [0.2, 0.25) is 0 Å². The average molecular weight is 260 g/mol. The molecule has 0 fully saturated rings. The molecule has 3 N–H and O–H groups in total. The summed E-state index contributed by atoms with van der Waals surface area (Å²) >= 11 is 0. The number of carbonyl (C=O) groups excluding carboxylic acids is 1. The minimum atomic E-state index is -1.64. The largest absolute Gasteiger partial charge is 0.349 e. The summed E-state index contributed by atoms with van der Waals surface area (Å²) in [6.07, 6.45) is 1.34. The molecule has 0 spiro atoms. The van der Waals surface area contributed by atoms with E-state index in [4.69, 9.17) is 5.73 Å². The van der Waals surface area contributed by atoms with E-state index in [9.17, 15) is 18.0 Å². The van der Waals surface area contributed by atoms with Crippen LogP contribution in [0.25, 0.3) is 0 Å². The van der Waals surface area contributed by atoms with Crippen LogP contribution in [0, 0.1) is 17.5 Å². The maximum atomic E-state index is 13.3. The summed E-state index contributed by atoms with van der Waals surface area (Å²) in [4.78, 5) is 11.6. The monoisotopic (exact) mass is 260 g/mol. The molecular weight excluding hydrogens is 245 g/mol. The van der Waals surface area contributed by atoms with Crippen molar-refractivity contribution in [2.24, 2.45) is 5.73 Å². The Kier molecular flexibility index (Phi) is 5.15. The van der Waals surface area contributed by atoms with Crippen molar-refractivity contribution >= 4 is 5.91 Å². The van der Waals surface area contributed by atoms with E-state index >= 15 is 0 Å². The van der Waals surface area contributed by atoms with Crippen LogP contribution in [0.3, 0.4) is 0 Å². The summed E-state index contributed by atoms with van der Waals surface area (Å²) in [5, 5.41) is 2.49. The fraction of sp³-hybridized carbons (Fsp3) is 0.417. The molecule has 0 saturated heterocycles. The molecule has 3 nitrogen and oxygen atoms in total. The van der Waals surface area contributed by atoms with E-state index in [2.05, 4.69) is 5.32 Å². The van der Waals surface area contributed by atoms with Gasteiger partial charge in [-0.05, 0) is 38.4 Å². The van der Waals surface area contributed by atoms with Crippen LogP contribution < -0.4 is 11.1 Å². The first kappa shape index (κ1) is 14.5. The Hall–Kier alpha value is -1.56. The van der Waals surface area contributed by atoms with Gasteiger partial charge in [0.1, 0.15) is 0 Å². The maximum Gasteiger partial charge on any atom is 0.254 e. The molecule has 6 heteroatoms. The Balaban J connectivity index is 2.76. The number of halogens is 3. The van der Waals surface area contributed by atoms with Crippen molar-refractivity contribution in [3.05, 3.63) is 35.1 Å². The Morgan fingerprint density at radius 1 is 1.33 bits per heavy atom. The molecule has 0 aromatic heterocycles. The van der Waals surface area contributed by atoms with Crippen LogP contribution in [0.4, 0.5) is 13.2 Å². The van der Waals surface area contributed by atoms with Crippen molar-refractivity contribution < 1.29 is 18.0 Å². The third kappa shape index (κ3) is 3.46. The van der Waals surface area contributed by atoms with Gasteiger partial charge in [-0.15, -0.1) is 0 Å². The van der Waals surface area contributed by atoms with Gasteiger partial charge in [0.2, 0.25) is 0 Å². The first-order valence-electron chi connectivity index (χ1n) is 5.61. The third-order valence-electron chi connectivity index (χ3n) is 2.50. The van der Waals surface area contributed by atoms with Gasteiger partial charge in [-0.1, -0.05) is 0 Å². The van der Waals surface area contributed by atoms with E-state index in [1.807, 2.05) is 0 Å². The van der Waals surface area contributed by atoms with E-state index in [-0.39, 0.29) is 6.04 Å². The van der Waals surface area contributed by atoms with Crippen LogP contribution in [-0.2, 0) is 0 Å². The normalized spacial score (nSPS) is 12.3. The van der Waals surface area contributed by atoms with Gasteiger partial charge in [-0.2, -0.15) is 0 Å². The van der Waals surface area contributed by atoms with E-state index < -0.39 is 28.9 Å². The molecule has 0 aliphatic carbocycles. The van der Waals surface area contributed by atoms with Crippen molar-refractivity contribution in [3.8, 4) is 0 Å². The van der Waals surface area contributed by atoms with E-state index in [0.29, 0.717) is 19.4 Å². The van der Waals surface area contributed by atoms with E-state index in [0.717, 1.165) is 12.1 Å². The third-order valence-corrected chi connectivity index (χ3v) is 2.50. The summed E-state index contributed by atoms with van der Waals surface area (Å²) in [5.41, 5.74) is 4.81. The lowest BCUT2D eigenvalue weighted by atomic mass is 10.1. The molecule has 1 atom stereocenters. The minimum Gasteiger partial charge on any atom is -0.349 e. The van der Waals surface area contributed by atoms with Crippen LogP contribution in [0.1, 0.15) is 30.1 Å². The van der Waals surface area contributed by atoms with Crippen LogP contribution in [0.5, 0.6) is 0 Å². The fourth-order valence-corrected chi connectivity index (χ4v) is 1.50. The number of carbonyl (C=O) groups is 1. The molecule has 0 radical (unpaired) electrons. The molecule has 1 amide bonds. The zero-order valence-corrected chi connectivity index (χ0v) is 9.97. The minimum absolute atomic E-state index is 0.214. The predicted molar refractivity (Wildman–Crippen MR) is 61.5 cm³/mol. The Labute approximate surface area is 103 Å². The van der Waals surface area contributed by atoms with Gasteiger partial charge in [-0.25, -0.2) is 13.2 Å². The summed E-state index contributed by atoms with van der Waals surface area (Å²) in [6, 6.07) is 1.42. The Morgan fingerprint density at radius 3 is 2.61 bits per heavy atom. The number of nitrogens with two attached hydrogens (primary N) is 1. The quantitative estimate of drug-likeness (QED) is 0.795. The van der Waals surface area contributed by atoms with Crippen LogP contribution >= 0.6 is 0 Å². The number of hydrogen-bond donors (Lipinski definition) is 2. The first-order chi connectivity index (χ1) is 8.47. The SMILES string of the molecule is CC(CCCN)NC(=O)c1ccc(F)c(F)c1F. The smallest absolute Gasteiger partial charge is 0.254 e. The first-order valence-corrected chi connectivity index (χ1v) is 5.61. The second kappa shape index (κ2) is 6.39. The van der Waals surface area contributed by atoms with Gasteiger partial charge >= 0.3 is 0 Å². The predicted octanol–water partition coefficient (Wildman–Crippen LogP) is 1.96. The summed E-state index contributed by atoms with van der Waals surface area (Å²) in [6.45, 7) is 2.21. The lowest BCUT2D eigenvalue weighted by Gasteiger charge is -2.13. The molecule has 1 aromatic carbocycles.